The van der Waals surface area contributed by atoms with Gasteiger partial charge in [0.2, 0.25) is 0 Å². The highest BCUT2D eigenvalue weighted by Crippen LogP contribution is 2.23. The Morgan fingerprint density at radius 1 is 1.43 bits per heavy atom. The maximum Gasteiger partial charge on any atom is 0.282 e. The minimum atomic E-state index is -0.532. The number of nitro benzene ring substituents is 1. The van der Waals surface area contributed by atoms with Crippen LogP contribution in [0.3, 0.4) is 0 Å². The van der Waals surface area contributed by atoms with Gasteiger partial charge in [-0.1, -0.05) is 6.92 Å². The molecule has 0 aliphatic carbocycles. The Morgan fingerprint density at radius 2 is 2.14 bits per heavy atom. The molecule has 0 fully saturated rings. The Kier molecular flexibility index (Phi) is 7.01. The van der Waals surface area contributed by atoms with Crippen molar-refractivity contribution >= 4 is 29.0 Å². The number of amides is 1. The molecule has 0 radical (unpaired) electrons. The van der Waals surface area contributed by atoms with E-state index in [-0.39, 0.29) is 17.3 Å². The Morgan fingerprint density at radius 3 is 2.71 bits per heavy atom. The van der Waals surface area contributed by atoms with Gasteiger partial charge in [-0.3, -0.25) is 14.9 Å². The van der Waals surface area contributed by atoms with Crippen LogP contribution in [0, 0.1) is 10.1 Å². The van der Waals surface area contributed by atoms with Crippen LogP contribution in [-0.2, 0) is 0 Å². The van der Waals surface area contributed by atoms with Crippen LogP contribution in [0.4, 0.5) is 11.4 Å². The maximum absolute atomic E-state index is 12.2. The normalized spacial score (nSPS) is 11.8. The van der Waals surface area contributed by atoms with Crippen LogP contribution >= 0.6 is 11.8 Å². The molecule has 0 bridgehead atoms. The van der Waals surface area contributed by atoms with E-state index in [0.29, 0.717) is 12.2 Å². The highest BCUT2D eigenvalue weighted by Gasteiger charge is 2.21. The number of rotatable bonds is 8. The van der Waals surface area contributed by atoms with Crippen molar-refractivity contribution in [1.82, 2.24) is 5.32 Å². The van der Waals surface area contributed by atoms with E-state index in [1.54, 1.807) is 17.8 Å². The third-order valence-corrected chi connectivity index (χ3v) is 3.91. The molecule has 1 rings (SSSR count). The fraction of sp³-hybridized carbons (Fsp3) is 0.500. The van der Waals surface area contributed by atoms with Gasteiger partial charge in [-0.25, -0.2) is 0 Å². The average Bonchev–Trinajstić information content (AvgIpc) is 2.45. The van der Waals surface area contributed by atoms with Gasteiger partial charge in [0.25, 0.3) is 11.6 Å². The summed E-state index contributed by atoms with van der Waals surface area (Å²) < 4.78 is 0. The SMILES string of the molecule is CCNc1ccc([N+](=O)[O-])c(C(=O)NC(C)CSCC)c1. The Balaban J connectivity index is 2.94. The summed E-state index contributed by atoms with van der Waals surface area (Å²) >= 11 is 1.71. The number of benzene rings is 1. The van der Waals surface area contributed by atoms with E-state index in [0.717, 1.165) is 11.5 Å². The lowest BCUT2D eigenvalue weighted by atomic mass is 10.1. The first kappa shape index (κ1) is 17.3. The van der Waals surface area contributed by atoms with E-state index in [1.807, 2.05) is 20.8 Å². The first-order valence-electron chi connectivity index (χ1n) is 6.90. The smallest absolute Gasteiger partial charge is 0.282 e. The van der Waals surface area contributed by atoms with Gasteiger partial charge in [-0.05, 0) is 31.7 Å². The number of nitrogens with zero attached hydrogens (tertiary/aromatic N) is 1. The Hall–Kier alpha value is -1.76. The van der Waals surface area contributed by atoms with Crippen molar-refractivity contribution in [2.45, 2.75) is 26.8 Å². The van der Waals surface area contributed by atoms with Crippen LogP contribution in [-0.4, -0.2) is 34.9 Å². The molecule has 2 N–H and O–H groups in total. The molecule has 1 unspecified atom stereocenters. The second-order valence-electron chi connectivity index (χ2n) is 4.55. The van der Waals surface area contributed by atoms with Gasteiger partial charge in [-0.15, -0.1) is 0 Å². The number of hydrogen-bond acceptors (Lipinski definition) is 5. The van der Waals surface area contributed by atoms with Crippen LogP contribution in [0.1, 0.15) is 31.1 Å². The average molecular weight is 311 g/mol. The third kappa shape index (κ3) is 5.26. The molecule has 1 atom stereocenters. The van der Waals surface area contributed by atoms with Crippen molar-refractivity contribution in [3.8, 4) is 0 Å². The second kappa shape index (κ2) is 8.51. The van der Waals surface area contributed by atoms with Crippen molar-refractivity contribution in [3.05, 3.63) is 33.9 Å². The molecular formula is C14H21N3O3S. The van der Waals surface area contributed by atoms with E-state index in [2.05, 4.69) is 10.6 Å². The van der Waals surface area contributed by atoms with Crippen LogP contribution < -0.4 is 10.6 Å². The Bertz CT molecular complexity index is 508. The van der Waals surface area contributed by atoms with Crippen molar-refractivity contribution in [2.24, 2.45) is 0 Å². The zero-order valence-electron chi connectivity index (χ0n) is 12.5. The predicted octanol–water partition coefficient (Wildman–Crippen LogP) is 2.90. The first-order chi connectivity index (χ1) is 9.99. The van der Waals surface area contributed by atoms with Gasteiger partial charge in [0, 0.05) is 30.1 Å². The van der Waals surface area contributed by atoms with E-state index in [9.17, 15) is 14.9 Å². The summed E-state index contributed by atoms with van der Waals surface area (Å²) in [7, 11) is 0. The fourth-order valence-corrected chi connectivity index (χ4v) is 2.50. The molecule has 0 aliphatic heterocycles. The van der Waals surface area contributed by atoms with Gasteiger partial charge in [0.15, 0.2) is 0 Å². The highest BCUT2D eigenvalue weighted by molar-refractivity contribution is 7.99. The van der Waals surface area contributed by atoms with Gasteiger partial charge in [-0.2, -0.15) is 11.8 Å². The molecule has 1 aromatic rings. The maximum atomic E-state index is 12.2. The molecule has 21 heavy (non-hydrogen) atoms. The molecule has 0 aliphatic rings. The molecule has 0 spiro atoms. The largest absolute Gasteiger partial charge is 0.385 e. The van der Waals surface area contributed by atoms with E-state index < -0.39 is 10.8 Å². The minimum absolute atomic E-state index is 0.0372. The minimum Gasteiger partial charge on any atom is -0.385 e. The highest BCUT2D eigenvalue weighted by atomic mass is 32.2. The molecule has 0 saturated carbocycles. The molecule has 7 heteroatoms. The van der Waals surface area contributed by atoms with Crippen LogP contribution in [0.5, 0.6) is 0 Å². The molecule has 116 valence electrons. The molecule has 0 aromatic heterocycles. The lowest BCUT2D eigenvalue weighted by Crippen LogP contribution is -2.34. The van der Waals surface area contributed by atoms with Gasteiger partial charge in [0.1, 0.15) is 5.56 Å². The molecule has 0 saturated heterocycles. The van der Waals surface area contributed by atoms with Crippen molar-refractivity contribution in [1.29, 1.82) is 0 Å². The van der Waals surface area contributed by atoms with Gasteiger partial charge >= 0.3 is 0 Å². The van der Waals surface area contributed by atoms with Crippen LogP contribution in [0.25, 0.3) is 0 Å². The molecule has 1 aromatic carbocycles. The van der Waals surface area contributed by atoms with Crippen LogP contribution in [0.2, 0.25) is 0 Å². The number of nitro groups is 1. The molecule has 1 amide bonds. The zero-order chi connectivity index (χ0) is 15.8. The Labute approximate surface area is 128 Å². The van der Waals surface area contributed by atoms with Gasteiger partial charge < -0.3 is 10.6 Å². The quantitative estimate of drug-likeness (QED) is 0.569. The standard InChI is InChI=1S/C14H21N3O3S/c1-4-15-11-6-7-13(17(19)20)12(8-11)14(18)16-10(3)9-21-5-2/h6-8,10,15H,4-5,9H2,1-3H3,(H,16,18). The molecule has 0 heterocycles. The summed E-state index contributed by atoms with van der Waals surface area (Å²) in [6.07, 6.45) is 0. The lowest BCUT2D eigenvalue weighted by Gasteiger charge is -2.14. The zero-order valence-corrected chi connectivity index (χ0v) is 13.3. The number of carbonyl (C=O) groups excluding carboxylic acids is 1. The summed E-state index contributed by atoms with van der Waals surface area (Å²) in [4.78, 5) is 22.8. The second-order valence-corrected chi connectivity index (χ2v) is 5.87. The van der Waals surface area contributed by atoms with Crippen molar-refractivity contribution < 1.29 is 9.72 Å². The third-order valence-electron chi connectivity index (χ3n) is 2.77. The summed E-state index contributed by atoms with van der Waals surface area (Å²) in [5, 5.41) is 16.9. The summed E-state index contributed by atoms with van der Waals surface area (Å²) in [6.45, 7) is 6.54. The van der Waals surface area contributed by atoms with E-state index in [1.165, 1.54) is 12.1 Å². The fourth-order valence-electron chi connectivity index (χ4n) is 1.83. The van der Waals surface area contributed by atoms with E-state index >= 15 is 0 Å². The number of hydrogen-bond donors (Lipinski definition) is 2. The monoisotopic (exact) mass is 311 g/mol. The van der Waals surface area contributed by atoms with Crippen molar-refractivity contribution in [2.75, 3.05) is 23.4 Å². The number of carbonyl (C=O) groups is 1. The lowest BCUT2D eigenvalue weighted by molar-refractivity contribution is -0.385. The van der Waals surface area contributed by atoms with E-state index in [4.69, 9.17) is 0 Å². The number of anilines is 1. The topological polar surface area (TPSA) is 84.3 Å². The summed E-state index contributed by atoms with van der Waals surface area (Å²) in [5.41, 5.74) is 0.611. The number of nitrogens with one attached hydrogen (secondary N) is 2. The van der Waals surface area contributed by atoms with Crippen LogP contribution in [0.15, 0.2) is 18.2 Å². The number of thioether (sulfide) groups is 1. The summed E-state index contributed by atoms with van der Waals surface area (Å²) in [6, 6.07) is 4.45. The first-order valence-corrected chi connectivity index (χ1v) is 8.06. The predicted molar refractivity (Wildman–Crippen MR) is 87.2 cm³/mol. The summed E-state index contributed by atoms with van der Waals surface area (Å²) in [5.74, 6) is 1.34. The van der Waals surface area contributed by atoms with Crippen molar-refractivity contribution in [3.63, 3.8) is 0 Å². The molecule has 6 nitrogen and oxygen atoms in total. The van der Waals surface area contributed by atoms with Gasteiger partial charge in [0.05, 0.1) is 4.92 Å². The molecular weight excluding hydrogens is 290 g/mol.